The number of hydrogen-bond donors (Lipinski definition) is 3. The molecule has 6 heteroatoms. The van der Waals surface area contributed by atoms with E-state index in [9.17, 15) is 9.90 Å². The maximum Gasteiger partial charge on any atom is 0.190 e. The van der Waals surface area contributed by atoms with Gasteiger partial charge in [-0.15, -0.1) is 0 Å². The zero-order valence-corrected chi connectivity index (χ0v) is 14.5. The molecule has 134 valence electrons. The van der Waals surface area contributed by atoms with E-state index in [1.165, 1.54) is 6.07 Å². The Morgan fingerprint density at radius 2 is 2.11 bits per heavy atom. The Hall–Kier alpha value is -3.25. The minimum Gasteiger partial charge on any atom is -0.510 e. The van der Waals surface area contributed by atoms with Crippen LogP contribution < -0.4 is 21.3 Å². The van der Waals surface area contributed by atoms with Crippen molar-refractivity contribution in [2.45, 2.75) is 18.9 Å². The third kappa shape index (κ3) is 2.49. The van der Waals surface area contributed by atoms with E-state index in [1.807, 2.05) is 6.07 Å². The van der Waals surface area contributed by atoms with Crippen LogP contribution in [-0.2, 0) is 0 Å². The fourth-order valence-corrected chi connectivity index (χ4v) is 3.84. The van der Waals surface area contributed by atoms with Crippen molar-refractivity contribution in [3.8, 4) is 0 Å². The molecular weight excluding hydrogens is 342 g/mol. The van der Waals surface area contributed by atoms with Crippen LogP contribution in [0.2, 0.25) is 0 Å². The van der Waals surface area contributed by atoms with E-state index in [1.54, 1.807) is 30.3 Å². The van der Waals surface area contributed by atoms with Crippen LogP contribution in [0.1, 0.15) is 12.8 Å². The molecule has 0 amide bonds. The van der Waals surface area contributed by atoms with Gasteiger partial charge < -0.3 is 20.2 Å². The van der Waals surface area contributed by atoms with E-state index < -0.39 is 0 Å². The smallest absolute Gasteiger partial charge is 0.190 e. The number of aliphatic hydroxyl groups excluding tert-OH is 1. The van der Waals surface area contributed by atoms with E-state index in [0.29, 0.717) is 43.5 Å². The van der Waals surface area contributed by atoms with Gasteiger partial charge in [-0.3, -0.25) is 4.79 Å². The fraction of sp³-hybridized carbons (Fsp3) is 0.190. The Balaban J connectivity index is 1.99. The van der Waals surface area contributed by atoms with Gasteiger partial charge in [0.2, 0.25) is 0 Å². The minimum absolute atomic E-state index is 0.121. The average molecular weight is 359 g/mol. The van der Waals surface area contributed by atoms with E-state index in [-0.39, 0.29) is 17.2 Å². The summed E-state index contributed by atoms with van der Waals surface area (Å²) in [5, 5.41) is 24.0. The fourth-order valence-electron chi connectivity index (χ4n) is 3.84. The Morgan fingerprint density at radius 1 is 1.22 bits per heavy atom. The number of hydrogen-bond acceptors (Lipinski definition) is 6. The molecule has 0 radical (unpaired) electrons. The van der Waals surface area contributed by atoms with Crippen molar-refractivity contribution in [2.24, 2.45) is 0 Å². The molecular formula is C21H17N3O3. The Morgan fingerprint density at radius 3 is 2.93 bits per heavy atom. The predicted octanol–water partition coefficient (Wildman–Crippen LogP) is 2.11. The molecule has 0 saturated carbocycles. The monoisotopic (exact) mass is 359 g/mol. The van der Waals surface area contributed by atoms with Crippen molar-refractivity contribution in [3.05, 3.63) is 63.3 Å². The molecule has 6 nitrogen and oxygen atoms in total. The van der Waals surface area contributed by atoms with Crippen molar-refractivity contribution in [1.82, 2.24) is 10.3 Å². The molecule has 0 unspecified atom stereocenters. The van der Waals surface area contributed by atoms with Gasteiger partial charge in [-0.05, 0) is 31.5 Å². The number of aromatic nitrogens is 1. The minimum atomic E-state index is -0.182. The van der Waals surface area contributed by atoms with Crippen LogP contribution in [0, 0.1) is 5.41 Å². The molecule has 4 aromatic rings. The summed E-state index contributed by atoms with van der Waals surface area (Å²) in [6.45, 7) is 0.862. The van der Waals surface area contributed by atoms with Crippen molar-refractivity contribution >= 4 is 38.7 Å². The van der Waals surface area contributed by atoms with E-state index >= 15 is 0 Å². The van der Waals surface area contributed by atoms with Crippen molar-refractivity contribution in [1.29, 1.82) is 5.41 Å². The summed E-state index contributed by atoms with van der Waals surface area (Å²) in [5.74, 6) is 0.230. The van der Waals surface area contributed by atoms with Crippen LogP contribution in [0.25, 0.3) is 38.7 Å². The summed E-state index contributed by atoms with van der Waals surface area (Å²) in [6.07, 6.45) is 1.85. The lowest BCUT2D eigenvalue weighted by molar-refractivity contribution is 0.446. The maximum atomic E-state index is 12.7. The Labute approximate surface area is 153 Å². The topological polar surface area (TPSA) is 99.2 Å². The van der Waals surface area contributed by atoms with Crippen LogP contribution in [0.4, 0.5) is 0 Å². The highest BCUT2D eigenvalue weighted by Gasteiger charge is 2.20. The lowest BCUT2D eigenvalue weighted by Crippen LogP contribution is -2.28. The predicted molar refractivity (Wildman–Crippen MR) is 103 cm³/mol. The summed E-state index contributed by atoms with van der Waals surface area (Å²) in [6, 6.07) is 11.6. The molecule has 1 atom stereocenters. The first-order valence-electron chi connectivity index (χ1n) is 8.93. The van der Waals surface area contributed by atoms with Gasteiger partial charge in [0, 0.05) is 28.1 Å². The van der Waals surface area contributed by atoms with Gasteiger partial charge in [0.1, 0.15) is 16.8 Å². The molecule has 5 rings (SSSR count). The summed E-state index contributed by atoms with van der Waals surface area (Å²) in [7, 11) is 0. The second kappa shape index (κ2) is 5.89. The number of aliphatic hydroxyl groups is 1. The third-order valence-corrected chi connectivity index (χ3v) is 5.14. The Bertz CT molecular complexity index is 1390. The molecule has 2 heterocycles. The summed E-state index contributed by atoms with van der Waals surface area (Å²) >= 11 is 0. The molecule has 1 saturated heterocycles. The van der Waals surface area contributed by atoms with Gasteiger partial charge in [-0.25, -0.2) is 4.98 Å². The summed E-state index contributed by atoms with van der Waals surface area (Å²) in [4.78, 5) is 17.4. The molecule has 1 aliphatic heterocycles. The van der Waals surface area contributed by atoms with E-state index in [4.69, 9.17) is 14.8 Å². The van der Waals surface area contributed by atoms with Crippen LogP contribution in [0.5, 0.6) is 0 Å². The van der Waals surface area contributed by atoms with Crippen LogP contribution in [0.15, 0.2) is 51.7 Å². The molecule has 3 aromatic carbocycles. The molecule has 3 N–H and O–H groups in total. The standard InChI is InChI=1S/C21H17N3O3/c22-11-6-7-14-17(9-11)27-18-10-16(25)12-3-1-4-13(19(12)20(18)24-14)21(26)15-5-2-8-23-15/h1,3-4,6-7,9-10,15,22-23,26H,2,5,8H2/t15-/m0/s1. The number of benzene rings is 3. The number of nitrogens with zero attached hydrogens (tertiary/aromatic N) is 1. The molecule has 1 fully saturated rings. The molecule has 1 aromatic heterocycles. The number of fused-ring (bicyclic) bond motifs is 4. The van der Waals surface area contributed by atoms with E-state index in [0.717, 1.165) is 19.4 Å². The quantitative estimate of drug-likeness (QED) is 0.357. The van der Waals surface area contributed by atoms with Gasteiger partial charge >= 0.3 is 0 Å². The van der Waals surface area contributed by atoms with E-state index in [2.05, 4.69) is 5.32 Å². The lowest BCUT2D eigenvalue weighted by Gasteiger charge is -2.11. The van der Waals surface area contributed by atoms with Gasteiger partial charge in [0.25, 0.3) is 0 Å². The van der Waals surface area contributed by atoms with Crippen LogP contribution in [0.3, 0.4) is 0 Å². The second-order valence-corrected chi connectivity index (χ2v) is 6.88. The first kappa shape index (κ1) is 16.0. The number of rotatable bonds is 1. The first-order valence-corrected chi connectivity index (χ1v) is 8.93. The van der Waals surface area contributed by atoms with Crippen LogP contribution in [-0.4, -0.2) is 22.7 Å². The number of nitrogens with one attached hydrogen (secondary N) is 2. The summed E-state index contributed by atoms with van der Waals surface area (Å²) in [5.41, 5.74) is 1.77. The molecule has 1 aliphatic rings. The van der Waals surface area contributed by atoms with Gasteiger partial charge in [0.15, 0.2) is 16.6 Å². The zero-order chi connectivity index (χ0) is 18.5. The highest BCUT2D eigenvalue weighted by atomic mass is 16.3. The van der Waals surface area contributed by atoms with Crippen LogP contribution >= 0.6 is 0 Å². The Kier molecular flexibility index (Phi) is 3.48. The molecule has 0 aliphatic carbocycles. The van der Waals surface area contributed by atoms with Gasteiger partial charge in [-0.2, -0.15) is 0 Å². The summed E-state index contributed by atoms with van der Waals surface area (Å²) < 4.78 is 5.89. The highest BCUT2D eigenvalue weighted by Crippen LogP contribution is 2.23. The average Bonchev–Trinajstić information content (AvgIpc) is 3.20. The van der Waals surface area contributed by atoms with Crippen molar-refractivity contribution < 1.29 is 9.52 Å². The van der Waals surface area contributed by atoms with Crippen molar-refractivity contribution in [2.75, 3.05) is 6.54 Å². The molecule has 0 spiro atoms. The largest absolute Gasteiger partial charge is 0.510 e. The third-order valence-electron chi connectivity index (χ3n) is 5.14. The SMILES string of the molecule is N=c1ccc2nc3c(cc(=O)c4cccc(=C(O)[C@@H]5CCCN5)c43)oc2c1. The molecule has 27 heavy (non-hydrogen) atoms. The zero-order valence-electron chi connectivity index (χ0n) is 14.5. The normalized spacial score (nSPS) is 18.4. The lowest BCUT2D eigenvalue weighted by atomic mass is 10.0. The second-order valence-electron chi connectivity index (χ2n) is 6.88. The molecule has 0 bridgehead atoms. The highest BCUT2D eigenvalue weighted by molar-refractivity contribution is 6.05. The first-order chi connectivity index (χ1) is 13.1. The van der Waals surface area contributed by atoms with Gasteiger partial charge in [-0.1, -0.05) is 18.2 Å². The van der Waals surface area contributed by atoms with Gasteiger partial charge in [0.05, 0.1) is 11.4 Å². The van der Waals surface area contributed by atoms with Crippen molar-refractivity contribution in [3.63, 3.8) is 0 Å². The maximum absolute atomic E-state index is 12.7.